The summed E-state index contributed by atoms with van der Waals surface area (Å²) >= 11 is 0. The molecule has 1 aromatic heterocycles. The Bertz CT molecular complexity index is 1350. The third-order valence-corrected chi connectivity index (χ3v) is 6.61. The SMILES string of the molecule is Cc1cccc(C)c1-c1cc(F)c(F)c(C(CC(=O)O)N2C(=O)[C@@H](NC(=O)c3ccncn3)CC2C)c1. The highest BCUT2D eigenvalue weighted by molar-refractivity contribution is 5.97. The van der Waals surface area contributed by atoms with Crippen molar-refractivity contribution in [3.63, 3.8) is 0 Å². The van der Waals surface area contributed by atoms with Crippen LogP contribution in [0.3, 0.4) is 0 Å². The topological polar surface area (TPSA) is 112 Å². The Labute approximate surface area is 212 Å². The molecule has 8 nitrogen and oxygen atoms in total. The summed E-state index contributed by atoms with van der Waals surface area (Å²) in [6.07, 6.45) is 2.10. The van der Waals surface area contributed by atoms with E-state index < -0.39 is 54.0 Å². The van der Waals surface area contributed by atoms with Crippen LogP contribution in [0.1, 0.15) is 53.0 Å². The summed E-state index contributed by atoms with van der Waals surface area (Å²) in [5.41, 5.74) is 2.59. The van der Waals surface area contributed by atoms with E-state index in [9.17, 15) is 23.9 Å². The minimum atomic E-state index is -1.29. The number of aliphatic carboxylic acids is 1. The summed E-state index contributed by atoms with van der Waals surface area (Å²) in [5.74, 6) is -4.82. The molecule has 1 fully saturated rings. The number of carbonyl (C=O) groups excluding carboxylic acids is 2. The number of rotatable bonds is 7. The van der Waals surface area contributed by atoms with Crippen molar-refractivity contribution in [3.05, 3.63) is 82.9 Å². The molecule has 0 spiro atoms. The van der Waals surface area contributed by atoms with Gasteiger partial charge in [0, 0.05) is 17.8 Å². The molecule has 2 aromatic carbocycles. The molecule has 3 aromatic rings. The molecular weight excluding hydrogens is 482 g/mol. The Kier molecular flexibility index (Phi) is 7.28. The second-order valence-electron chi connectivity index (χ2n) is 9.19. The zero-order valence-corrected chi connectivity index (χ0v) is 20.5. The zero-order chi connectivity index (χ0) is 26.9. The van der Waals surface area contributed by atoms with E-state index in [1.165, 1.54) is 29.6 Å². The third-order valence-electron chi connectivity index (χ3n) is 6.61. The molecule has 4 rings (SSSR count). The van der Waals surface area contributed by atoms with E-state index >= 15 is 4.39 Å². The van der Waals surface area contributed by atoms with E-state index in [-0.39, 0.29) is 17.7 Å². The van der Waals surface area contributed by atoms with Gasteiger partial charge in [-0.05, 0) is 67.6 Å². The fraction of sp³-hybridized carbons (Fsp3) is 0.296. The van der Waals surface area contributed by atoms with Gasteiger partial charge < -0.3 is 15.3 Å². The Balaban J connectivity index is 1.73. The van der Waals surface area contributed by atoms with Crippen molar-refractivity contribution in [2.24, 2.45) is 0 Å². The normalized spacial score (nSPS) is 18.1. The minimum absolute atomic E-state index is 0.0606. The molecule has 0 bridgehead atoms. The molecule has 0 saturated carbocycles. The van der Waals surface area contributed by atoms with Gasteiger partial charge >= 0.3 is 5.97 Å². The number of carboxylic acid groups (broad SMARTS) is 1. The van der Waals surface area contributed by atoms with Gasteiger partial charge in [0.25, 0.3) is 5.91 Å². The predicted molar refractivity (Wildman–Crippen MR) is 130 cm³/mol. The highest BCUT2D eigenvalue weighted by Crippen LogP contribution is 2.38. The number of halogens is 2. The highest BCUT2D eigenvalue weighted by Gasteiger charge is 2.44. The maximum absolute atomic E-state index is 15.2. The van der Waals surface area contributed by atoms with Crippen LogP contribution >= 0.6 is 0 Å². The van der Waals surface area contributed by atoms with Crippen molar-refractivity contribution in [3.8, 4) is 11.1 Å². The Morgan fingerprint density at radius 2 is 1.89 bits per heavy atom. The third kappa shape index (κ3) is 5.18. The van der Waals surface area contributed by atoms with Crippen LogP contribution in [0.4, 0.5) is 8.78 Å². The molecule has 0 radical (unpaired) electrons. The molecule has 2 unspecified atom stereocenters. The maximum atomic E-state index is 15.2. The number of aryl methyl sites for hydroxylation is 2. The van der Waals surface area contributed by atoms with Gasteiger partial charge in [0.1, 0.15) is 18.1 Å². The summed E-state index contributed by atoms with van der Waals surface area (Å²) in [6, 6.07) is 6.58. The fourth-order valence-corrected chi connectivity index (χ4v) is 4.98. The number of nitrogens with one attached hydrogen (secondary N) is 1. The first-order valence-corrected chi connectivity index (χ1v) is 11.7. The highest BCUT2D eigenvalue weighted by atomic mass is 19.2. The lowest BCUT2D eigenvalue weighted by Crippen LogP contribution is -2.43. The zero-order valence-electron chi connectivity index (χ0n) is 20.5. The monoisotopic (exact) mass is 508 g/mol. The van der Waals surface area contributed by atoms with Crippen molar-refractivity contribution < 1.29 is 28.3 Å². The number of hydrogen-bond donors (Lipinski definition) is 2. The number of aromatic nitrogens is 2. The van der Waals surface area contributed by atoms with Crippen LogP contribution in [-0.4, -0.2) is 49.8 Å². The van der Waals surface area contributed by atoms with Crippen LogP contribution in [0.5, 0.6) is 0 Å². The van der Waals surface area contributed by atoms with Gasteiger partial charge in [-0.1, -0.05) is 18.2 Å². The lowest BCUT2D eigenvalue weighted by molar-refractivity contribution is -0.140. The average molecular weight is 509 g/mol. The molecule has 0 aliphatic carbocycles. The van der Waals surface area contributed by atoms with Crippen molar-refractivity contribution >= 4 is 17.8 Å². The van der Waals surface area contributed by atoms with Crippen molar-refractivity contribution in [1.29, 1.82) is 0 Å². The minimum Gasteiger partial charge on any atom is -0.481 e. The van der Waals surface area contributed by atoms with Gasteiger partial charge in [-0.15, -0.1) is 0 Å². The molecular formula is C27H26F2N4O4. The predicted octanol–water partition coefficient (Wildman–Crippen LogP) is 3.97. The molecule has 3 atom stereocenters. The van der Waals surface area contributed by atoms with Crippen LogP contribution in [0.2, 0.25) is 0 Å². The van der Waals surface area contributed by atoms with E-state index in [1.54, 1.807) is 6.92 Å². The number of carboxylic acids is 1. The number of likely N-dealkylation sites (tertiary alicyclic amines) is 1. The second kappa shape index (κ2) is 10.4. The standard InChI is InChI=1S/C27H26F2N4O4/c1-14-5-4-6-15(2)24(14)17-10-18(25(29)19(28)11-17)22(12-23(34)35)33-16(3)9-21(27(33)37)32-26(36)20-7-8-30-13-31-20/h4-8,10-11,13,16,21-22H,9,12H2,1-3H3,(H,32,36)(H,34,35)/t16?,21-,22?/m0/s1. The first kappa shape index (κ1) is 25.9. The number of benzene rings is 2. The van der Waals surface area contributed by atoms with Crippen molar-refractivity contribution in [2.45, 2.75) is 51.7 Å². The average Bonchev–Trinajstić information content (AvgIpc) is 3.12. The van der Waals surface area contributed by atoms with Crippen LogP contribution < -0.4 is 5.32 Å². The molecule has 1 aliphatic rings. The quantitative estimate of drug-likeness (QED) is 0.499. The van der Waals surface area contributed by atoms with E-state index in [4.69, 9.17) is 0 Å². The maximum Gasteiger partial charge on any atom is 0.305 e. The van der Waals surface area contributed by atoms with Gasteiger partial charge in [-0.2, -0.15) is 0 Å². The first-order valence-electron chi connectivity index (χ1n) is 11.7. The van der Waals surface area contributed by atoms with Gasteiger partial charge in [-0.25, -0.2) is 18.7 Å². The number of hydrogen-bond acceptors (Lipinski definition) is 5. The Morgan fingerprint density at radius 1 is 1.19 bits per heavy atom. The lowest BCUT2D eigenvalue weighted by atomic mass is 9.91. The van der Waals surface area contributed by atoms with Crippen molar-refractivity contribution in [1.82, 2.24) is 20.2 Å². The molecule has 10 heteroatoms. The fourth-order valence-electron chi connectivity index (χ4n) is 4.98. The summed E-state index contributed by atoms with van der Waals surface area (Å²) < 4.78 is 30.2. The van der Waals surface area contributed by atoms with Crippen LogP contribution in [0.15, 0.2) is 48.9 Å². The van der Waals surface area contributed by atoms with Crippen molar-refractivity contribution in [2.75, 3.05) is 0 Å². The van der Waals surface area contributed by atoms with Crippen LogP contribution in [0.25, 0.3) is 11.1 Å². The van der Waals surface area contributed by atoms with E-state index in [2.05, 4.69) is 15.3 Å². The van der Waals surface area contributed by atoms with E-state index in [0.29, 0.717) is 11.1 Å². The van der Waals surface area contributed by atoms with E-state index in [0.717, 1.165) is 17.2 Å². The molecule has 2 heterocycles. The molecule has 2 amide bonds. The number of amides is 2. The summed E-state index contributed by atoms with van der Waals surface area (Å²) in [4.78, 5) is 46.6. The number of carbonyl (C=O) groups is 3. The molecule has 1 aliphatic heterocycles. The Morgan fingerprint density at radius 3 is 2.51 bits per heavy atom. The summed E-state index contributed by atoms with van der Waals surface area (Å²) in [5, 5.41) is 12.2. The second-order valence-corrected chi connectivity index (χ2v) is 9.19. The summed E-state index contributed by atoms with van der Waals surface area (Å²) in [7, 11) is 0. The smallest absolute Gasteiger partial charge is 0.305 e. The number of nitrogens with zero attached hydrogens (tertiary/aromatic N) is 3. The van der Waals surface area contributed by atoms with Crippen LogP contribution in [0, 0.1) is 25.5 Å². The first-order chi connectivity index (χ1) is 17.6. The molecule has 192 valence electrons. The van der Waals surface area contributed by atoms with Crippen LogP contribution in [-0.2, 0) is 9.59 Å². The molecule has 37 heavy (non-hydrogen) atoms. The largest absolute Gasteiger partial charge is 0.481 e. The lowest BCUT2D eigenvalue weighted by Gasteiger charge is -2.32. The van der Waals surface area contributed by atoms with Gasteiger partial charge in [0.15, 0.2) is 11.6 Å². The van der Waals surface area contributed by atoms with E-state index in [1.807, 2.05) is 32.0 Å². The molecule has 1 saturated heterocycles. The summed E-state index contributed by atoms with van der Waals surface area (Å²) in [6.45, 7) is 5.36. The Hall–Kier alpha value is -4.21. The van der Waals surface area contributed by atoms with Gasteiger partial charge in [0.05, 0.1) is 12.5 Å². The molecule has 2 N–H and O–H groups in total. The van der Waals surface area contributed by atoms with Gasteiger partial charge in [-0.3, -0.25) is 14.4 Å². The van der Waals surface area contributed by atoms with Gasteiger partial charge in [0.2, 0.25) is 5.91 Å².